The van der Waals surface area contributed by atoms with E-state index in [4.69, 9.17) is 11.0 Å². The molecule has 1 rings (SSSR count). The molecule has 84 valence electrons. The molecule has 0 aliphatic heterocycles. The average Bonchev–Trinajstić information content (AvgIpc) is 2.19. The first kappa shape index (κ1) is 12.7. The summed E-state index contributed by atoms with van der Waals surface area (Å²) in [7, 11) is 0. The average molecular weight is 282 g/mol. The van der Waals surface area contributed by atoms with Crippen LogP contribution in [-0.2, 0) is 4.79 Å². The van der Waals surface area contributed by atoms with Crippen molar-refractivity contribution in [2.75, 3.05) is 5.32 Å². The zero-order chi connectivity index (χ0) is 12.1. The van der Waals surface area contributed by atoms with Crippen molar-refractivity contribution in [1.29, 1.82) is 5.26 Å². The van der Waals surface area contributed by atoms with Gasteiger partial charge in [-0.25, -0.2) is 0 Å². The van der Waals surface area contributed by atoms with Crippen molar-refractivity contribution in [3.63, 3.8) is 0 Å². The van der Waals surface area contributed by atoms with Crippen LogP contribution in [0.2, 0.25) is 0 Å². The molecule has 1 amide bonds. The third kappa shape index (κ3) is 3.65. The van der Waals surface area contributed by atoms with Crippen molar-refractivity contribution in [1.82, 2.24) is 0 Å². The number of hydrogen-bond acceptors (Lipinski definition) is 3. The standard InChI is InChI=1S/C11H12BrN3O/c1-7(14)4-11(16)15-10-3-2-8(6-13)5-9(10)12/h2-3,5,7H,4,14H2,1H3,(H,15,16). The predicted octanol–water partition coefficient (Wildman–Crippen LogP) is 2.00. The van der Waals surface area contributed by atoms with E-state index < -0.39 is 0 Å². The van der Waals surface area contributed by atoms with Crippen molar-refractivity contribution in [2.45, 2.75) is 19.4 Å². The van der Waals surface area contributed by atoms with Crippen LogP contribution < -0.4 is 11.1 Å². The second-order valence-electron chi connectivity index (χ2n) is 3.54. The molecule has 0 radical (unpaired) electrons. The summed E-state index contributed by atoms with van der Waals surface area (Å²) >= 11 is 3.29. The van der Waals surface area contributed by atoms with E-state index in [0.717, 1.165) is 0 Å². The highest BCUT2D eigenvalue weighted by atomic mass is 79.9. The largest absolute Gasteiger partial charge is 0.327 e. The molecule has 0 bridgehead atoms. The third-order valence-electron chi connectivity index (χ3n) is 1.88. The molecule has 16 heavy (non-hydrogen) atoms. The monoisotopic (exact) mass is 281 g/mol. The molecular weight excluding hydrogens is 270 g/mol. The number of hydrogen-bond donors (Lipinski definition) is 2. The molecule has 0 fully saturated rings. The zero-order valence-electron chi connectivity index (χ0n) is 8.83. The second-order valence-corrected chi connectivity index (χ2v) is 4.39. The highest BCUT2D eigenvalue weighted by Gasteiger charge is 2.08. The highest BCUT2D eigenvalue weighted by molar-refractivity contribution is 9.10. The van der Waals surface area contributed by atoms with Gasteiger partial charge in [0.25, 0.3) is 0 Å². The Hall–Kier alpha value is -1.38. The number of nitriles is 1. The summed E-state index contributed by atoms with van der Waals surface area (Å²) in [6.45, 7) is 1.77. The van der Waals surface area contributed by atoms with Crippen molar-refractivity contribution >= 4 is 27.5 Å². The zero-order valence-corrected chi connectivity index (χ0v) is 10.4. The van der Waals surface area contributed by atoms with E-state index in [1.165, 1.54) is 0 Å². The number of nitrogens with two attached hydrogens (primary N) is 1. The predicted molar refractivity (Wildman–Crippen MR) is 65.8 cm³/mol. The lowest BCUT2D eigenvalue weighted by Gasteiger charge is -2.08. The molecule has 0 aromatic heterocycles. The summed E-state index contributed by atoms with van der Waals surface area (Å²) in [6.07, 6.45) is 0.270. The molecule has 0 saturated carbocycles. The molecule has 0 aliphatic carbocycles. The van der Waals surface area contributed by atoms with Crippen LogP contribution in [-0.4, -0.2) is 11.9 Å². The Morgan fingerprint density at radius 1 is 1.69 bits per heavy atom. The van der Waals surface area contributed by atoms with Gasteiger partial charge in [0.2, 0.25) is 5.91 Å². The van der Waals surface area contributed by atoms with Gasteiger partial charge in [-0.3, -0.25) is 4.79 Å². The molecule has 1 atom stereocenters. The Bertz CT molecular complexity index is 437. The van der Waals surface area contributed by atoms with Gasteiger partial charge in [-0.1, -0.05) is 0 Å². The third-order valence-corrected chi connectivity index (χ3v) is 2.54. The fourth-order valence-corrected chi connectivity index (χ4v) is 1.66. The smallest absolute Gasteiger partial charge is 0.225 e. The lowest BCUT2D eigenvalue weighted by molar-refractivity contribution is -0.116. The Morgan fingerprint density at radius 2 is 2.38 bits per heavy atom. The number of carbonyl (C=O) groups excluding carboxylic acids is 1. The fraction of sp³-hybridized carbons (Fsp3) is 0.273. The van der Waals surface area contributed by atoms with Crippen LogP contribution in [0.5, 0.6) is 0 Å². The van der Waals surface area contributed by atoms with Crippen LogP contribution >= 0.6 is 15.9 Å². The molecule has 1 aromatic carbocycles. The van der Waals surface area contributed by atoms with Crippen molar-refractivity contribution < 1.29 is 4.79 Å². The van der Waals surface area contributed by atoms with Crippen LogP contribution in [0, 0.1) is 11.3 Å². The molecule has 4 nitrogen and oxygen atoms in total. The minimum absolute atomic E-state index is 0.139. The van der Waals surface area contributed by atoms with Gasteiger partial charge in [-0.05, 0) is 41.1 Å². The fourth-order valence-electron chi connectivity index (χ4n) is 1.18. The minimum Gasteiger partial charge on any atom is -0.327 e. The Morgan fingerprint density at radius 3 is 2.88 bits per heavy atom. The van der Waals surface area contributed by atoms with Crippen LogP contribution in [0.4, 0.5) is 5.69 Å². The number of amides is 1. The first-order valence-corrected chi connectivity index (χ1v) is 5.57. The quantitative estimate of drug-likeness (QED) is 0.889. The van der Waals surface area contributed by atoms with E-state index in [2.05, 4.69) is 21.2 Å². The first-order valence-electron chi connectivity index (χ1n) is 4.78. The normalized spacial score (nSPS) is 11.6. The Kier molecular flexibility index (Phi) is 4.47. The lowest BCUT2D eigenvalue weighted by Crippen LogP contribution is -2.24. The summed E-state index contributed by atoms with van der Waals surface area (Å²) in [5, 5.41) is 11.4. The Balaban J connectivity index is 2.75. The second kappa shape index (κ2) is 5.64. The van der Waals surface area contributed by atoms with Crippen LogP contribution in [0.25, 0.3) is 0 Å². The SMILES string of the molecule is CC(N)CC(=O)Nc1ccc(C#N)cc1Br. The van der Waals surface area contributed by atoms with Gasteiger partial charge < -0.3 is 11.1 Å². The van der Waals surface area contributed by atoms with Gasteiger partial charge in [-0.2, -0.15) is 5.26 Å². The van der Waals surface area contributed by atoms with E-state index in [9.17, 15) is 4.79 Å². The van der Waals surface area contributed by atoms with E-state index in [1.54, 1.807) is 25.1 Å². The number of benzene rings is 1. The number of nitrogens with zero attached hydrogens (tertiary/aromatic N) is 1. The van der Waals surface area contributed by atoms with Crippen molar-refractivity contribution in [3.8, 4) is 6.07 Å². The van der Waals surface area contributed by atoms with Gasteiger partial charge in [0.1, 0.15) is 0 Å². The molecule has 1 unspecified atom stereocenters. The molecule has 3 N–H and O–H groups in total. The molecule has 0 saturated heterocycles. The highest BCUT2D eigenvalue weighted by Crippen LogP contribution is 2.23. The molecule has 1 aromatic rings. The van der Waals surface area contributed by atoms with E-state index in [0.29, 0.717) is 15.7 Å². The summed E-state index contributed by atoms with van der Waals surface area (Å²) in [5.41, 5.74) is 6.70. The number of anilines is 1. The number of halogens is 1. The summed E-state index contributed by atoms with van der Waals surface area (Å²) in [5.74, 6) is -0.139. The van der Waals surface area contributed by atoms with Crippen molar-refractivity contribution in [2.24, 2.45) is 5.73 Å². The molecule has 0 aliphatic rings. The van der Waals surface area contributed by atoms with E-state index >= 15 is 0 Å². The van der Waals surface area contributed by atoms with E-state index in [1.807, 2.05) is 6.07 Å². The number of nitrogens with one attached hydrogen (secondary N) is 1. The summed E-state index contributed by atoms with van der Waals surface area (Å²) in [6, 6.07) is 6.83. The number of rotatable bonds is 3. The molecular formula is C11H12BrN3O. The first-order chi connectivity index (χ1) is 7.52. The van der Waals surface area contributed by atoms with Crippen LogP contribution in [0.3, 0.4) is 0 Å². The summed E-state index contributed by atoms with van der Waals surface area (Å²) in [4.78, 5) is 11.5. The van der Waals surface area contributed by atoms with Crippen LogP contribution in [0.1, 0.15) is 18.9 Å². The molecule has 0 heterocycles. The molecule has 0 spiro atoms. The van der Waals surface area contributed by atoms with Crippen LogP contribution in [0.15, 0.2) is 22.7 Å². The van der Waals surface area contributed by atoms with Gasteiger partial charge in [-0.15, -0.1) is 0 Å². The lowest BCUT2D eigenvalue weighted by atomic mass is 10.2. The number of carbonyl (C=O) groups is 1. The molecule has 5 heteroatoms. The van der Waals surface area contributed by atoms with Gasteiger partial charge in [0, 0.05) is 16.9 Å². The maximum absolute atomic E-state index is 11.5. The Labute approximate surface area is 103 Å². The van der Waals surface area contributed by atoms with E-state index in [-0.39, 0.29) is 18.4 Å². The maximum Gasteiger partial charge on any atom is 0.225 e. The van der Waals surface area contributed by atoms with Gasteiger partial charge in [0.15, 0.2) is 0 Å². The summed E-state index contributed by atoms with van der Waals surface area (Å²) < 4.78 is 0.685. The van der Waals surface area contributed by atoms with Gasteiger partial charge >= 0.3 is 0 Å². The topological polar surface area (TPSA) is 78.9 Å². The van der Waals surface area contributed by atoms with Crippen molar-refractivity contribution in [3.05, 3.63) is 28.2 Å². The van der Waals surface area contributed by atoms with Gasteiger partial charge in [0.05, 0.1) is 17.3 Å². The minimum atomic E-state index is -0.169. The maximum atomic E-state index is 11.5.